The average molecular weight is 296 g/mol. The molecule has 2 heterocycles. The zero-order valence-corrected chi connectivity index (χ0v) is 12.4. The number of rotatable bonds is 5. The second-order valence-corrected chi connectivity index (χ2v) is 6.27. The van der Waals surface area contributed by atoms with Crippen molar-refractivity contribution in [3.8, 4) is 0 Å². The third-order valence-electron chi connectivity index (χ3n) is 3.82. The molecule has 6 heteroatoms. The summed E-state index contributed by atoms with van der Waals surface area (Å²) in [5.74, 6) is -1.13. The summed E-state index contributed by atoms with van der Waals surface area (Å²) < 4.78 is 0. The van der Waals surface area contributed by atoms with Crippen LogP contribution in [-0.2, 0) is 16.0 Å². The molecule has 0 aromatic carbocycles. The minimum Gasteiger partial charge on any atom is -0.481 e. The molecule has 20 heavy (non-hydrogen) atoms. The molecule has 1 saturated heterocycles. The Morgan fingerprint density at radius 3 is 2.95 bits per heavy atom. The SMILES string of the molecule is CC1CCC(C(=O)O)CN1C(=O)CCCc1nccs1. The molecule has 0 bridgehead atoms. The van der Waals surface area contributed by atoms with Gasteiger partial charge in [-0.2, -0.15) is 0 Å². The Hall–Kier alpha value is -1.43. The smallest absolute Gasteiger partial charge is 0.308 e. The fourth-order valence-electron chi connectivity index (χ4n) is 2.57. The van der Waals surface area contributed by atoms with E-state index in [4.69, 9.17) is 5.11 Å². The van der Waals surface area contributed by atoms with Gasteiger partial charge in [-0.25, -0.2) is 4.98 Å². The van der Waals surface area contributed by atoms with Crippen LogP contribution in [0.4, 0.5) is 0 Å². The lowest BCUT2D eigenvalue weighted by atomic mass is 9.93. The highest BCUT2D eigenvalue weighted by molar-refractivity contribution is 7.09. The van der Waals surface area contributed by atoms with Crippen LogP contribution in [0.1, 0.15) is 37.6 Å². The van der Waals surface area contributed by atoms with Crippen LogP contribution in [0.2, 0.25) is 0 Å². The van der Waals surface area contributed by atoms with Crippen molar-refractivity contribution < 1.29 is 14.7 Å². The van der Waals surface area contributed by atoms with Crippen molar-refractivity contribution in [3.05, 3.63) is 16.6 Å². The topological polar surface area (TPSA) is 70.5 Å². The standard InChI is InChI=1S/C14H20N2O3S/c1-10-5-6-11(14(18)19)9-16(10)13(17)4-2-3-12-15-7-8-20-12/h7-8,10-11H,2-6,9H2,1H3,(H,18,19). The summed E-state index contributed by atoms with van der Waals surface area (Å²) >= 11 is 1.60. The predicted molar refractivity (Wildman–Crippen MR) is 76.6 cm³/mol. The van der Waals surface area contributed by atoms with Gasteiger partial charge in [0.15, 0.2) is 0 Å². The second kappa shape index (κ2) is 6.83. The maximum Gasteiger partial charge on any atom is 0.308 e. The number of carboxylic acids is 1. The lowest BCUT2D eigenvalue weighted by Gasteiger charge is -2.36. The zero-order chi connectivity index (χ0) is 14.5. The van der Waals surface area contributed by atoms with E-state index >= 15 is 0 Å². The molecule has 1 aromatic rings. The Kier molecular flexibility index (Phi) is 5.11. The maximum atomic E-state index is 12.2. The molecule has 1 aliphatic rings. The molecule has 2 atom stereocenters. The molecule has 1 amide bonds. The van der Waals surface area contributed by atoms with Gasteiger partial charge in [-0.15, -0.1) is 11.3 Å². The van der Waals surface area contributed by atoms with Crippen molar-refractivity contribution >= 4 is 23.2 Å². The number of thiazole rings is 1. The van der Waals surface area contributed by atoms with Crippen molar-refractivity contribution in [1.29, 1.82) is 0 Å². The molecule has 110 valence electrons. The van der Waals surface area contributed by atoms with E-state index in [0.717, 1.165) is 24.3 Å². The fraction of sp³-hybridized carbons (Fsp3) is 0.643. The van der Waals surface area contributed by atoms with Gasteiger partial charge in [0.1, 0.15) is 0 Å². The molecule has 0 aliphatic carbocycles. The summed E-state index contributed by atoms with van der Waals surface area (Å²) in [5, 5.41) is 12.1. The van der Waals surface area contributed by atoms with Gasteiger partial charge in [-0.3, -0.25) is 9.59 Å². The summed E-state index contributed by atoms with van der Waals surface area (Å²) in [7, 11) is 0. The molecule has 2 rings (SSSR count). The Bertz CT molecular complexity index is 461. The number of carboxylic acid groups (broad SMARTS) is 1. The van der Waals surface area contributed by atoms with Gasteiger partial charge < -0.3 is 10.0 Å². The third kappa shape index (κ3) is 3.79. The maximum absolute atomic E-state index is 12.2. The number of nitrogens with zero attached hydrogens (tertiary/aromatic N) is 2. The van der Waals surface area contributed by atoms with Crippen LogP contribution in [0.15, 0.2) is 11.6 Å². The van der Waals surface area contributed by atoms with Crippen LogP contribution in [-0.4, -0.2) is 39.5 Å². The van der Waals surface area contributed by atoms with Gasteiger partial charge in [0.25, 0.3) is 0 Å². The van der Waals surface area contributed by atoms with E-state index in [2.05, 4.69) is 4.98 Å². The minimum absolute atomic E-state index is 0.0695. The number of amides is 1. The van der Waals surface area contributed by atoms with Crippen LogP contribution >= 0.6 is 11.3 Å². The average Bonchev–Trinajstić information content (AvgIpc) is 2.92. The predicted octanol–water partition coefficient (Wildman–Crippen LogP) is 2.18. The first-order chi connectivity index (χ1) is 9.58. The minimum atomic E-state index is -0.794. The van der Waals surface area contributed by atoms with Gasteiger partial charge >= 0.3 is 5.97 Å². The van der Waals surface area contributed by atoms with Gasteiger partial charge in [-0.05, 0) is 32.6 Å². The van der Waals surface area contributed by atoms with E-state index in [1.165, 1.54) is 0 Å². The van der Waals surface area contributed by atoms with E-state index in [9.17, 15) is 9.59 Å². The summed E-state index contributed by atoms with van der Waals surface area (Å²) in [5.41, 5.74) is 0. The lowest BCUT2D eigenvalue weighted by Crippen LogP contribution is -2.47. The Balaban J connectivity index is 1.82. The number of likely N-dealkylation sites (tertiary alicyclic amines) is 1. The Morgan fingerprint density at radius 2 is 2.30 bits per heavy atom. The van der Waals surface area contributed by atoms with Crippen LogP contribution < -0.4 is 0 Å². The van der Waals surface area contributed by atoms with Crippen LogP contribution in [0.25, 0.3) is 0 Å². The van der Waals surface area contributed by atoms with Crippen molar-refractivity contribution in [2.45, 2.75) is 45.1 Å². The second-order valence-electron chi connectivity index (χ2n) is 5.29. The molecular formula is C14H20N2O3S. The summed E-state index contributed by atoms with van der Waals surface area (Å²) in [6.45, 7) is 2.35. The van der Waals surface area contributed by atoms with Gasteiger partial charge in [0.05, 0.1) is 10.9 Å². The molecule has 0 spiro atoms. The Labute approximate surface area is 122 Å². The molecule has 0 saturated carbocycles. The van der Waals surface area contributed by atoms with Crippen molar-refractivity contribution in [1.82, 2.24) is 9.88 Å². The first-order valence-corrected chi connectivity index (χ1v) is 7.86. The summed E-state index contributed by atoms with van der Waals surface area (Å²) in [6, 6.07) is 0.151. The van der Waals surface area contributed by atoms with Crippen LogP contribution in [0, 0.1) is 5.92 Å². The number of hydrogen-bond donors (Lipinski definition) is 1. The number of hydrogen-bond acceptors (Lipinski definition) is 4. The molecule has 5 nitrogen and oxygen atoms in total. The van der Waals surface area contributed by atoms with Crippen molar-refractivity contribution in [2.75, 3.05) is 6.54 Å². The highest BCUT2D eigenvalue weighted by Gasteiger charge is 2.32. The largest absolute Gasteiger partial charge is 0.481 e. The number of aromatic nitrogens is 1. The monoisotopic (exact) mass is 296 g/mol. The molecule has 1 N–H and O–H groups in total. The van der Waals surface area contributed by atoms with E-state index in [1.807, 2.05) is 12.3 Å². The van der Waals surface area contributed by atoms with E-state index in [1.54, 1.807) is 22.4 Å². The van der Waals surface area contributed by atoms with E-state index in [0.29, 0.717) is 19.4 Å². The van der Waals surface area contributed by atoms with Crippen LogP contribution in [0.5, 0.6) is 0 Å². The van der Waals surface area contributed by atoms with Gasteiger partial charge in [0, 0.05) is 30.6 Å². The van der Waals surface area contributed by atoms with Crippen molar-refractivity contribution in [2.24, 2.45) is 5.92 Å². The van der Waals surface area contributed by atoms with Gasteiger partial charge in [0.2, 0.25) is 5.91 Å². The van der Waals surface area contributed by atoms with E-state index in [-0.39, 0.29) is 11.9 Å². The number of piperidine rings is 1. The fourth-order valence-corrected chi connectivity index (χ4v) is 3.23. The zero-order valence-electron chi connectivity index (χ0n) is 11.6. The number of aliphatic carboxylic acids is 1. The molecule has 1 aliphatic heterocycles. The van der Waals surface area contributed by atoms with Crippen LogP contribution in [0.3, 0.4) is 0 Å². The number of aryl methyl sites for hydroxylation is 1. The first-order valence-electron chi connectivity index (χ1n) is 6.98. The van der Waals surface area contributed by atoms with E-state index < -0.39 is 11.9 Å². The Morgan fingerprint density at radius 1 is 1.50 bits per heavy atom. The first kappa shape index (κ1) is 15.0. The van der Waals surface area contributed by atoms with Crippen molar-refractivity contribution in [3.63, 3.8) is 0 Å². The molecule has 1 fully saturated rings. The molecule has 1 aromatic heterocycles. The third-order valence-corrected chi connectivity index (χ3v) is 4.66. The lowest BCUT2D eigenvalue weighted by molar-refractivity contribution is -0.147. The molecular weight excluding hydrogens is 276 g/mol. The highest BCUT2D eigenvalue weighted by atomic mass is 32.1. The molecule has 2 unspecified atom stereocenters. The van der Waals surface area contributed by atoms with Gasteiger partial charge in [-0.1, -0.05) is 0 Å². The normalized spacial score (nSPS) is 22.8. The number of carbonyl (C=O) groups is 2. The highest BCUT2D eigenvalue weighted by Crippen LogP contribution is 2.23. The summed E-state index contributed by atoms with van der Waals surface area (Å²) in [6.07, 6.45) is 5.26. The summed E-state index contributed by atoms with van der Waals surface area (Å²) in [4.78, 5) is 29.2. The quantitative estimate of drug-likeness (QED) is 0.904. The molecule has 0 radical (unpaired) electrons. The number of carbonyl (C=O) groups excluding carboxylic acids is 1.